The molecule has 0 unspecified atom stereocenters. The minimum Gasteiger partial charge on any atom is -0.490 e. The van der Waals surface area contributed by atoms with Crippen molar-refractivity contribution < 1.29 is 4.74 Å². The van der Waals surface area contributed by atoms with Gasteiger partial charge in [-0.05, 0) is 30.6 Å². The lowest BCUT2D eigenvalue weighted by Crippen LogP contribution is -2.33. The van der Waals surface area contributed by atoms with Gasteiger partial charge in [0, 0.05) is 0 Å². The van der Waals surface area contributed by atoms with E-state index in [2.05, 4.69) is 33.1 Å². The minimum absolute atomic E-state index is 0.382. The molecule has 0 aromatic rings. The molecule has 0 saturated heterocycles. The van der Waals surface area contributed by atoms with E-state index in [0.29, 0.717) is 17.9 Å². The van der Waals surface area contributed by atoms with Crippen LogP contribution in [0.25, 0.3) is 0 Å². The van der Waals surface area contributed by atoms with Gasteiger partial charge >= 0.3 is 0 Å². The topological polar surface area (TPSA) is 9.23 Å². The summed E-state index contributed by atoms with van der Waals surface area (Å²) in [5, 5.41) is 0. The Hall–Kier alpha value is -0.680. The zero-order valence-corrected chi connectivity index (χ0v) is 9.62. The lowest BCUT2D eigenvalue weighted by molar-refractivity contribution is 0.0139. The first-order valence-corrected chi connectivity index (χ1v) is 5.65. The molecule has 3 atom stereocenters. The minimum atomic E-state index is 0.382. The van der Waals surface area contributed by atoms with Crippen LogP contribution in [0.2, 0.25) is 0 Å². The van der Waals surface area contributed by atoms with E-state index in [1.807, 2.05) is 0 Å². The highest BCUT2D eigenvalue weighted by atomic mass is 16.5. The van der Waals surface area contributed by atoms with E-state index in [1.165, 1.54) is 19.3 Å². The fraction of sp³-hybridized carbons (Fsp3) is 0.769. The molecule has 14 heavy (non-hydrogen) atoms. The van der Waals surface area contributed by atoms with Crippen molar-refractivity contribution in [2.24, 2.45) is 17.8 Å². The van der Waals surface area contributed by atoms with Crippen molar-refractivity contribution in [3.8, 4) is 0 Å². The molecule has 0 aliphatic heterocycles. The summed E-state index contributed by atoms with van der Waals surface area (Å²) in [5.74, 6) is 2.22. The molecule has 0 N–H and O–H groups in total. The van der Waals surface area contributed by atoms with Gasteiger partial charge in [0.1, 0.15) is 12.4 Å². The molecule has 0 aromatic carbocycles. The second-order valence-electron chi connectivity index (χ2n) is 4.82. The lowest BCUT2D eigenvalue weighted by Gasteiger charge is -2.36. The molecule has 1 heteroatoms. The summed E-state index contributed by atoms with van der Waals surface area (Å²) in [6.45, 7) is 10.4. The van der Waals surface area contributed by atoms with Crippen LogP contribution in [0.15, 0.2) is 18.6 Å². The zero-order valence-electron chi connectivity index (χ0n) is 9.62. The molecular formula is C13H22O. The van der Waals surface area contributed by atoms with E-state index in [4.69, 9.17) is 4.74 Å². The summed E-state index contributed by atoms with van der Waals surface area (Å²) in [4.78, 5) is 0. The summed E-state index contributed by atoms with van der Waals surface area (Å²) < 4.78 is 5.68. The zero-order chi connectivity index (χ0) is 10.6. The standard InChI is InChI=1S/C13H22O/c1-5-8-14-13-9-11(4)6-7-12(13)10(2)3/h8,10-13H,1,6-7,9H2,2-4H3/t11-,12+,13-/m1/s1. The second kappa shape index (κ2) is 5.26. The Bertz CT molecular complexity index is 213. The van der Waals surface area contributed by atoms with E-state index >= 15 is 0 Å². The van der Waals surface area contributed by atoms with Crippen LogP contribution in [0.3, 0.4) is 0 Å². The Morgan fingerprint density at radius 1 is 1.43 bits per heavy atom. The Kier molecular flexibility index (Phi) is 4.28. The molecule has 1 fully saturated rings. The average Bonchev–Trinajstić information content (AvgIpc) is 2.14. The summed E-state index contributed by atoms with van der Waals surface area (Å²) in [6, 6.07) is 0. The van der Waals surface area contributed by atoms with Crippen LogP contribution < -0.4 is 0 Å². The van der Waals surface area contributed by atoms with Crippen molar-refractivity contribution in [1.82, 2.24) is 0 Å². The van der Waals surface area contributed by atoms with E-state index in [9.17, 15) is 0 Å². The first kappa shape index (κ1) is 11.4. The van der Waals surface area contributed by atoms with E-state index < -0.39 is 0 Å². The van der Waals surface area contributed by atoms with Crippen LogP contribution >= 0.6 is 0 Å². The molecule has 0 spiro atoms. The number of hydrogen-bond acceptors (Lipinski definition) is 1. The maximum Gasteiger partial charge on any atom is 0.125 e. The maximum absolute atomic E-state index is 5.68. The Morgan fingerprint density at radius 3 is 2.71 bits per heavy atom. The molecule has 1 saturated carbocycles. The van der Waals surface area contributed by atoms with Crippen LogP contribution in [0, 0.1) is 17.8 Å². The number of rotatable bonds is 3. The average molecular weight is 194 g/mol. The van der Waals surface area contributed by atoms with Crippen LogP contribution in [0.5, 0.6) is 0 Å². The van der Waals surface area contributed by atoms with Gasteiger partial charge in [-0.15, -0.1) is 0 Å². The van der Waals surface area contributed by atoms with Crippen molar-refractivity contribution in [2.45, 2.75) is 46.1 Å². The predicted molar refractivity (Wildman–Crippen MR) is 59.9 cm³/mol. The van der Waals surface area contributed by atoms with E-state index in [1.54, 1.807) is 6.26 Å². The normalized spacial score (nSPS) is 32.4. The molecule has 1 aliphatic rings. The molecule has 1 nitrogen and oxygen atoms in total. The van der Waals surface area contributed by atoms with Crippen molar-refractivity contribution >= 4 is 0 Å². The smallest absolute Gasteiger partial charge is 0.125 e. The van der Waals surface area contributed by atoms with Gasteiger partial charge in [-0.3, -0.25) is 0 Å². The highest BCUT2D eigenvalue weighted by Crippen LogP contribution is 2.35. The summed E-state index contributed by atoms with van der Waals surface area (Å²) >= 11 is 0. The largest absolute Gasteiger partial charge is 0.490 e. The summed E-state index contributed by atoms with van der Waals surface area (Å²) in [5.41, 5.74) is 2.69. The van der Waals surface area contributed by atoms with Gasteiger partial charge in [-0.1, -0.05) is 39.5 Å². The molecule has 0 radical (unpaired) electrons. The van der Waals surface area contributed by atoms with Gasteiger partial charge in [-0.25, -0.2) is 0 Å². The third-order valence-electron chi connectivity index (χ3n) is 3.29. The van der Waals surface area contributed by atoms with E-state index in [-0.39, 0.29) is 0 Å². The van der Waals surface area contributed by atoms with Crippen LogP contribution in [0.4, 0.5) is 0 Å². The number of ether oxygens (including phenoxy) is 1. The Labute approximate surface area is 87.8 Å². The van der Waals surface area contributed by atoms with Crippen LogP contribution in [0.1, 0.15) is 40.0 Å². The fourth-order valence-corrected chi connectivity index (χ4v) is 2.41. The highest BCUT2D eigenvalue weighted by molar-refractivity contribution is 4.83. The SMILES string of the molecule is C=C=CO[C@@H]1C[C@H](C)CC[C@H]1C(C)C. The van der Waals surface area contributed by atoms with Gasteiger partial charge in [0.2, 0.25) is 0 Å². The fourth-order valence-electron chi connectivity index (χ4n) is 2.41. The lowest BCUT2D eigenvalue weighted by atomic mass is 9.75. The van der Waals surface area contributed by atoms with Crippen molar-refractivity contribution in [3.63, 3.8) is 0 Å². The van der Waals surface area contributed by atoms with Gasteiger partial charge in [0.15, 0.2) is 0 Å². The van der Waals surface area contributed by atoms with Gasteiger partial charge in [0.25, 0.3) is 0 Å². The third kappa shape index (κ3) is 2.92. The highest BCUT2D eigenvalue weighted by Gasteiger charge is 2.31. The monoisotopic (exact) mass is 194 g/mol. The first-order chi connectivity index (χ1) is 6.65. The maximum atomic E-state index is 5.68. The predicted octanol–water partition coefficient (Wildman–Crippen LogP) is 3.76. The van der Waals surface area contributed by atoms with Gasteiger partial charge in [-0.2, -0.15) is 0 Å². The first-order valence-electron chi connectivity index (χ1n) is 5.65. The molecule has 0 heterocycles. The Balaban J connectivity index is 2.58. The van der Waals surface area contributed by atoms with Gasteiger partial charge in [0.05, 0.1) is 0 Å². The molecule has 1 aliphatic carbocycles. The molecule has 0 bridgehead atoms. The molecule has 80 valence electrons. The van der Waals surface area contributed by atoms with Gasteiger partial charge < -0.3 is 4.74 Å². The molecule has 0 aromatic heterocycles. The molecular weight excluding hydrogens is 172 g/mol. The van der Waals surface area contributed by atoms with E-state index in [0.717, 1.165) is 5.92 Å². The molecule has 0 amide bonds. The van der Waals surface area contributed by atoms with Crippen molar-refractivity contribution in [2.75, 3.05) is 0 Å². The van der Waals surface area contributed by atoms with Crippen LogP contribution in [-0.4, -0.2) is 6.10 Å². The van der Waals surface area contributed by atoms with Crippen molar-refractivity contribution in [1.29, 1.82) is 0 Å². The third-order valence-corrected chi connectivity index (χ3v) is 3.29. The Morgan fingerprint density at radius 2 is 2.14 bits per heavy atom. The quantitative estimate of drug-likeness (QED) is 0.491. The number of hydrogen-bond donors (Lipinski definition) is 0. The summed E-state index contributed by atoms with van der Waals surface area (Å²) in [7, 11) is 0. The molecule has 1 rings (SSSR count). The second-order valence-corrected chi connectivity index (χ2v) is 4.82. The van der Waals surface area contributed by atoms with Crippen LogP contribution in [-0.2, 0) is 4.74 Å². The van der Waals surface area contributed by atoms with Crippen molar-refractivity contribution in [3.05, 3.63) is 18.6 Å². The summed E-state index contributed by atoms with van der Waals surface area (Å²) in [6.07, 6.45) is 5.83.